The van der Waals surface area contributed by atoms with E-state index < -0.39 is 5.82 Å². The van der Waals surface area contributed by atoms with Crippen molar-refractivity contribution in [1.29, 1.82) is 0 Å². The number of ketones is 2. The van der Waals surface area contributed by atoms with E-state index in [1.165, 1.54) is 25.0 Å². The Hall–Kier alpha value is -2.38. The molecule has 0 saturated carbocycles. The molecular weight excluding hydrogens is 353 g/mol. The van der Waals surface area contributed by atoms with Crippen LogP contribution < -0.4 is 5.32 Å². The summed E-state index contributed by atoms with van der Waals surface area (Å²) in [6.45, 7) is 3.62. The normalized spacial score (nSPS) is 17.3. The van der Waals surface area contributed by atoms with Gasteiger partial charge in [0, 0.05) is 24.7 Å². The maximum atomic E-state index is 14.0. The molecule has 1 aromatic carbocycles. The second kappa shape index (κ2) is 7.09. The van der Waals surface area contributed by atoms with Gasteiger partial charge < -0.3 is 10.2 Å². The van der Waals surface area contributed by atoms with E-state index >= 15 is 0 Å². The molecule has 0 radical (unpaired) electrons. The van der Waals surface area contributed by atoms with Gasteiger partial charge in [-0.25, -0.2) is 9.37 Å². The Morgan fingerprint density at radius 2 is 1.96 bits per heavy atom. The largest absolute Gasteiger partial charge is 0.380 e. The number of allylic oxidation sites excluding steroid dienone is 2. The third kappa shape index (κ3) is 3.20. The highest BCUT2D eigenvalue weighted by molar-refractivity contribution is 7.17. The van der Waals surface area contributed by atoms with E-state index in [9.17, 15) is 14.0 Å². The van der Waals surface area contributed by atoms with Crippen LogP contribution >= 0.6 is 11.3 Å². The lowest BCUT2D eigenvalue weighted by molar-refractivity contribution is 0.0978. The van der Waals surface area contributed by atoms with Gasteiger partial charge in [0.15, 0.2) is 0 Å². The van der Waals surface area contributed by atoms with Crippen molar-refractivity contribution in [3.63, 3.8) is 0 Å². The first-order chi connectivity index (χ1) is 12.6. The third-order valence-electron chi connectivity index (χ3n) is 4.63. The predicted molar refractivity (Wildman–Crippen MR) is 97.9 cm³/mol. The van der Waals surface area contributed by atoms with Crippen LogP contribution in [0.15, 0.2) is 36.0 Å². The summed E-state index contributed by atoms with van der Waals surface area (Å²) in [6.07, 6.45) is 3.73. The molecule has 1 N–H and O–H groups in total. The summed E-state index contributed by atoms with van der Waals surface area (Å²) in [5.41, 5.74) is 0.713. The molecule has 1 aliphatic carbocycles. The summed E-state index contributed by atoms with van der Waals surface area (Å²) in [5.74, 6) is -0.987. The first-order valence-electron chi connectivity index (χ1n) is 8.66. The number of aromatic nitrogens is 1. The fourth-order valence-electron chi connectivity index (χ4n) is 3.26. The highest BCUT2D eigenvalue weighted by Gasteiger charge is 2.30. The molecule has 2 aromatic rings. The summed E-state index contributed by atoms with van der Waals surface area (Å²) in [5, 5.41) is 3.43. The number of rotatable bonds is 5. The zero-order chi connectivity index (χ0) is 18.1. The van der Waals surface area contributed by atoms with Gasteiger partial charge in [-0.3, -0.25) is 9.59 Å². The number of nitrogens with one attached hydrogen (secondary N) is 1. The van der Waals surface area contributed by atoms with Crippen LogP contribution in [0.2, 0.25) is 0 Å². The van der Waals surface area contributed by atoms with Crippen molar-refractivity contribution < 1.29 is 14.0 Å². The van der Waals surface area contributed by atoms with Gasteiger partial charge in [-0.2, -0.15) is 0 Å². The van der Waals surface area contributed by atoms with Crippen molar-refractivity contribution >= 4 is 22.9 Å². The first-order valence-corrected chi connectivity index (χ1v) is 9.48. The van der Waals surface area contributed by atoms with Crippen molar-refractivity contribution in [3.8, 4) is 10.6 Å². The number of Topliss-reactive ketones (excluding diaryl/α,β-unsaturated/α-hetero) is 1. The van der Waals surface area contributed by atoms with Crippen LogP contribution in [0.5, 0.6) is 0 Å². The number of hydrogen-bond donors (Lipinski definition) is 1. The molecule has 2 aliphatic rings. The minimum atomic E-state index is -0.421. The summed E-state index contributed by atoms with van der Waals surface area (Å²) in [6, 6.07) is 6.22. The number of thiazole rings is 1. The molecule has 2 heterocycles. The maximum Gasteiger partial charge on any atom is 0.221 e. The molecule has 1 aliphatic heterocycles. The van der Waals surface area contributed by atoms with Gasteiger partial charge >= 0.3 is 0 Å². The first kappa shape index (κ1) is 17.1. The number of carbonyl (C=O) groups is 2. The second-order valence-electron chi connectivity index (χ2n) is 6.40. The number of carbonyl (C=O) groups excluding carboxylic acids is 2. The van der Waals surface area contributed by atoms with E-state index in [-0.39, 0.29) is 22.1 Å². The Kier molecular flexibility index (Phi) is 4.65. The van der Waals surface area contributed by atoms with Crippen molar-refractivity contribution in [2.75, 3.05) is 26.2 Å². The Bertz CT molecular complexity index is 900. The second-order valence-corrected chi connectivity index (χ2v) is 7.40. The van der Waals surface area contributed by atoms with Crippen LogP contribution in [0.3, 0.4) is 0 Å². The molecule has 0 unspecified atom stereocenters. The third-order valence-corrected chi connectivity index (χ3v) is 5.72. The molecule has 4 rings (SSSR count). The number of benzene rings is 1. The Morgan fingerprint density at radius 1 is 1.19 bits per heavy atom. The molecule has 1 saturated heterocycles. The van der Waals surface area contributed by atoms with E-state index in [2.05, 4.69) is 15.2 Å². The van der Waals surface area contributed by atoms with Crippen LogP contribution in [0.4, 0.5) is 4.39 Å². The van der Waals surface area contributed by atoms with Crippen molar-refractivity contribution in [1.82, 2.24) is 15.2 Å². The smallest absolute Gasteiger partial charge is 0.221 e. The van der Waals surface area contributed by atoms with E-state index in [1.54, 1.807) is 18.2 Å². The SMILES string of the molecule is O=C1C=C(NCCN2CCCC2)C(=O)c2sc(-c3ccccc3F)nc21. The van der Waals surface area contributed by atoms with Crippen molar-refractivity contribution in [3.05, 3.63) is 52.4 Å². The van der Waals surface area contributed by atoms with Crippen molar-refractivity contribution in [2.45, 2.75) is 12.8 Å². The minimum absolute atomic E-state index is 0.114. The zero-order valence-corrected chi connectivity index (χ0v) is 14.9. The number of halogens is 1. The molecule has 1 fully saturated rings. The van der Waals surface area contributed by atoms with E-state index in [4.69, 9.17) is 0 Å². The monoisotopic (exact) mass is 371 g/mol. The lowest BCUT2D eigenvalue weighted by Gasteiger charge is -2.17. The van der Waals surface area contributed by atoms with Gasteiger partial charge in [0.05, 0.1) is 5.70 Å². The van der Waals surface area contributed by atoms with E-state index in [0.29, 0.717) is 22.8 Å². The van der Waals surface area contributed by atoms with Crippen LogP contribution in [0.25, 0.3) is 10.6 Å². The standard InChI is InChI=1S/C19H18FN3O2S/c20-13-6-2-1-5-12(13)19-22-16-15(24)11-14(17(25)18(16)26-19)21-7-10-23-8-3-4-9-23/h1-2,5-6,11,21H,3-4,7-10H2. The average molecular weight is 371 g/mol. The molecule has 134 valence electrons. The Balaban J connectivity index is 1.52. The molecule has 0 atom stereocenters. The topological polar surface area (TPSA) is 62.3 Å². The maximum absolute atomic E-state index is 14.0. The zero-order valence-electron chi connectivity index (χ0n) is 14.1. The fourth-order valence-corrected chi connectivity index (χ4v) is 4.32. The van der Waals surface area contributed by atoms with E-state index in [1.807, 2.05) is 0 Å². The van der Waals surface area contributed by atoms with Crippen LogP contribution in [0.1, 0.15) is 33.0 Å². The molecule has 7 heteroatoms. The van der Waals surface area contributed by atoms with Gasteiger partial charge in [0.2, 0.25) is 11.6 Å². The van der Waals surface area contributed by atoms with Crippen LogP contribution in [-0.4, -0.2) is 47.6 Å². The Morgan fingerprint density at radius 3 is 2.73 bits per heavy atom. The molecule has 5 nitrogen and oxygen atoms in total. The molecule has 0 amide bonds. The molecule has 0 spiro atoms. The van der Waals surface area contributed by atoms with Crippen LogP contribution in [0, 0.1) is 5.82 Å². The molecule has 26 heavy (non-hydrogen) atoms. The molecular formula is C19H18FN3O2S. The number of likely N-dealkylation sites (tertiary alicyclic amines) is 1. The number of hydrogen-bond acceptors (Lipinski definition) is 6. The molecule has 1 aromatic heterocycles. The fraction of sp³-hybridized carbons (Fsp3) is 0.316. The van der Waals surface area contributed by atoms with Gasteiger partial charge in [-0.1, -0.05) is 12.1 Å². The number of nitrogens with zero attached hydrogens (tertiary/aromatic N) is 2. The average Bonchev–Trinajstić information content (AvgIpc) is 3.29. The summed E-state index contributed by atoms with van der Waals surface area (Å²) >= 11 is 1.06. The highest BCUT2D eigenvalue weighted by Crippen LogP contribution is 2.33. The summed E-state index contributed by atoms with van der Waals surface area (Å²) < 4.78 is 14.0. The number of fused-ring (bicyclic) bond motifs is 1. The predicted octanol–water partition coefficient (Wildman–Crippen LogP) is 2.90. The van der Waals surface area contributed by atoms with Gasteiger partial charge in [-0.05, 0) is 38.1 Å². The minimum Gasteiger partial charge on any atom is -0.380 e. The summed E-state index contributed by atoms with van der Waals surface area (Å²) in [4.78, 5) is 31.9. The highest BCUT2D eigenvalue weighted by atomic mass is 32.1. The lowest BCUT2D eigenvalue weighted by atomic mass is 10.0. The quantitative estimate of drug-likeness (QED) is 0.876. The van der Waals surface area contributed by atoms with Gasteiger partial charge in [0.1, 0.15) is 21.4 Å². The van der Waals surface area contributed by atoms with Gasteiger partial charge in [0.25, 0.3) is 0 Å². The summed E-state index contributed by atoms with van der Waals surface area (Å²) in [7, 11) is 0. The van der Waals surface area contributed by atoms with Crippen molar-refractivity contribution in [2.24, 2.45) is 0 Å². The lowest BCUT2D eigenvalue weighted by Crippen LogP contribution is -2.33. The Labute approximate surface area is 154 Å². The van der Waals surface area contributed by atoms with Gasteiger partial charge in [-0.15, -0.1) is 11.3 Å². The van der Waals surface area contributed by atoms with Crippen LogP contribution in [-0.2, 0) is 0 Å². The molecule has 0 bridgehead atoms. The van der Waals surface area contributed by atoms with E-state index in [0.717, 1.165) is 31.0 Å².